The van der Waals surface area contributed by atoms with Crippen LogP contribution >= 0.6 is 23.4 Å². The van der Waals surface area contributed by atoms with E-state index in [0.29, 0.717) is 10.6 Å². The molecule has 0 aliphatic heterocycles. The molecule has 1 heterocycles. The Hall–Kier alpha value is -2.83. The third-order valence-corrected chi connectivity index (χ3v) is 5.49. The fourth-order valence-electron chi connectivity index (χ4n) is 2.67. The van der Waals surface area contributed by atoms with Crippen LogP contribution in [0.3, 0.4) is 0 Å². The first-order valence-electron chi connectivity index (χ1n) is 8.63. The molecule has 160 valence electrons. The Morgan fingerprint density at radius 2 is 1.77 bits per heavy atom. The third-order valence-electron chi connectivity index (χ3n) is 4.10. The van der Waals surface area contributed by atoms with Crippen LogP contribution in [0.4, 0.5) is 22.0 Å². The lowest BCUT2D eigenvalue weighted by atomic mass is 10.1. The Bertz CT molecular complexity index is 1110. The van der Waals surface area contributed by atoms with Crippen molar-refractivity contribution in [1.29, 1.82) is 5.26 Å². The minimum absolute atomic E-state index is 0.0587. The van der Waals surface area contributed by atoms with Gasteiger partial charge in [-0.2, -0.15) is 27.2 Å². The first kappa shape index (κ1) is 22.8. The second kappa shape index (κ2) is 9.54. The van der Waals surface area contributed by atoms with E-state index in [1.165, 1.54) is 24.3 Å². The highest BCUT2D eigenvalue weighted by atomic mass is 35.5. The summed E-state index contributed by atoms with van der Waals surface area (Å²) in [5.74, 6) is 0.0558. The molecule has 0 fully saturated rings. The van der Waals surface area contributed by atoms with E-state index >= 15 is 0 Å². The van der Waals surface area contributed by atoms with Gasteiger partial charge in [-0.3, -0.25) is 0 Å². The molecule has 0 amide bonds. The smallest absolute Gasteiger partial charge is 0.417 e. The lowest BCUT2D eigenvalue weighted by Crippen LogP contribution is -2.10. The van der Waals surface area contributed by atoms with Crippen molar-refractivity contribution in [3.63, 3.8) is 0 Å². The average molecular weight is 471 g/mol. The van der Waals surface area contributed by atoms with Gasteiger partial charge in [0.05, 0.1) is 16.8 Å². The number of hydrogen-bond donors (Lipinski definition) is 0. The van der Waals surface area contributed by atoms with Crippen molar-refractivity contribution in [1.82, 2.24) is 4.98 Å². The van der Waals surface area contributed by atoms with Crippen LogP contribution in [0.2, 0.25) is 5.02 Å². The predicted octanol–water partition coefficient (Wildman–Crippen LogP) is 7.19. The highest BCUT2D eigenvalue weighted by Gasteiger charge is 2.36. The molecular weight excluding hydrogens is 459 g/mol. The molecule has 3 nitrogen and oxygen atoms in total. The molecule has 0 atom stereocenters. The Kier molecular flexibility index (Phi) is 7.03. The lowest BCUT2D eigenvalue weighted by Gasteiger charge is -2.15. The van der Waals surface area contributed by atoms with Crippen LogP contribution in [0, 0.1) is 11.3 Å². The Morgan fingerprint density at radius 3 is 2.35 bits per heavy atom. The zero-order valence-electron chi connectivity index (χ0n) is 15.5. The SMILES string of the molecule is N#Cc1c(C(F)(F)F)cc(-c2ccc(OC(F)F)cc2)nc1SCc1ccccc1Cl. The number of hydrogen-bond acceptors (Lipinski definition) is 4. The summed E-state index contributed by atoms with van der Waals surface area (Å²) in [4.78, 5) is 4.23. The van der Waals surface area contributed by atoms with Gasteiger partial charge in [-0.05, 0) is 42.0 Å². The number of pyridine rings is 1. The maximum absolute atomic E-state index is 13.6. The van der Waals surface area contributed by atoms with Crippen LogP contribution in [-0.4, -0.2) is 11.6 Å². The topological polar surface area (TPSA) is 45.9 Å². The minimum atomic E-state index is -4.79. The summed E-state index contributed by atoms with van der Waals surface area (Å²) in [6, 6.07) is 14.2. The van der Waals surface area contributed by atoms with E-state index in [-0.39, 0.29) is 27.8 Å². The Labute approximate surface area is 183 Å². The minimum Gasteiger partial charge on any atom is -0.435 e. The molecule has 0 saturated carbocycles. The Balaban J connectivity index is 2.03. The van der Waals surface area contributed by atoms with E-state index in [1.54, 1.807) is 30.3 Å². The van der Waals surface area contributed by atoms with Crippen molar-refractivity contribution in [2.45, 2.75) is 23.6 Å². The molecule has 0 saturated heterocycles. The highest BCUT2D eigenvalue weighted by Crippen LogP contribution is 2.39. The van der Waals surface area contributed by atoms with Gasteiger partial charge >= 0.3 is 12.8 Å². The number of thioether (sulfide) groups is 1. The summed E-state index contributed by atoms with van der Waals surface area (Å²) in [6.07, 6.45) is -4.79. The molecule has 0 unspecified atom stereocenters. The summed E-state index contributed by atoms with van der Waals surface area (Å²) in [7, 11) is 0. The van der Waals surface area contributed by atoms with Gasteiger partial charge in [0.2, 0.25) is 0 Å². The monoisotopic (exact) mass is 470 g/mol. The van der Waals surface area contributed by atoms with Crippen molar-refractivity contribution >= 4 is 23.4 Å². The van der Waals surface area contributed by atoms with Crippen molar-refractivity contribution in [3.8, 4) is 23.1 Å². The summed E-state index contributed by atoms with van der Waals surface area (Å²) in [5, 5.41) is 9.71. The van der Waals surface area contributed by atoms with Gasteiger partial charge in [0.15, 0.2) is 0 Å². The molecule has 0 N–H and O–H groups in total. The van der Waals surface area contributed by atoms with Crippen LogP contribution in [-0.2, 0) is 11.9 Å². The summed E-state index contributed by atoms with van der Waals surface area (Å²) >= 11 is 7.05. The van der Waals surface area contributed by atoms with Gasteiger partial charge in [0.1, 0.15) is 16.8 Å². The zero-order valence-corrected chi connectivity index (χ0v) is 17.0. The summed E-state index contributed by atoms with van der Waals surface area (Å²) in [5.41, 5.74) is -0.861. The van der Waals surface area contributed by atoms with Gasteiger partial charge in [-0.1, -0.05) is 29.8 Å². The van der Waals surface area contributed by atoms with Crippen molar-refractivity contribution in [3.05, 3.63) is 76.3 Å². The van der Waals surface area contributed by atoms with Crippen LogP contribution in [0.15, 0.2) is 59.6 Å². The molecule has 0 spiro atoms. The first-order valence-corrected chi connectivity index (χ1v) is 9.99. The number of aromatic nitrogens is 1. The van der Waals surface area contributed by atoms with Crippen LogP contribution in [0.5, 0.6) is 5.75 Å². The molecule has 3 aromatic rings. The fraction of sp³-hybridized carbons (Fsp3) is 0.143. The van der Waals surface area contributed by atoms with Crippen molar-refractivity contribution in [2.75, 3.05) is 0 Å². The zero-order chi connectivity index (χ0) is 22.6. The van der Waals surface area contributed by atoms with Crippen molar-refractivity contribution in [2.24, 2.45) is 0 Å². The summed E-state index contributed by atoms with van der Waals surface area (Å²) in [6.45, 7) is -3.02. The van der Waals surface area contributed by atoms with Gasteiger partial charge in [-0.25, -0.2) is 4.98 Å². The molecular formula is C21H12ClF5N2OS. The van der Waals surface area contributed by atoms with E-state index in [0.717, 1.165) is 17.8 Å². The number of nitriles is 1. The number of nitrogens with zero attached hydrogens (tertiary/aromatic N) is 2. The predicted molar refractivity (Wildman–Crippen MR) is 107 cm³/mol. The first-order chi connectivity index (χ1) is 14.7. The number of alkyl halides is 5. The largest absolute Gasteiger partial charge is 0.435 e. The van der Waals surface area contributed by atoms with E-state index in [2.05, 4.69) is 9.72 Å². The third kappa shape index (κ3) is 5.66. The molecule has 0 radical (unpaired) electrons. The maximum Gasteiger partial charge on any atom is 0.417 e. The quantitative estimate of drug-likeness (QED) is 0.282. The summed E-state index contributed by atoms with van der Waals surface area (Å²) < 4.78 is 69.8. The second-order valence-corrected chi connectivity index (χ2v) is 7.50. The molecule has 31 heavy (non-hydrogen) atoms. The molecule has 0 bridgehead atoms. The van der Waals surface area contributed by atoms with Gasteiger partial charge < -0.3 is 4.74 Å². The normalized spacial score (nSPS) is 11.4. The molecule has 2 aromatic carbocycles. The van der Waals surface area contributed by atoms with E-state index in [1.807, 2.05) is 0 Å². The molecule has 0 aliphatic rings. The van der Waals surface area contributed by atoms with Gasteiger partial charge in [0.25, 0.3) is 0 Å². The number of rotatable bonds is 6. The Morgan fingerprint density at radius 1 is 1.10 bits per heavy atom. The number of ether oxygens (including phenoxy) is 1. The molecule has 3 rings (SSSR count). The molecule has 0 aliphatic carbocycles. The van der Waals surface area contributed by atoms with Gasteiger partial charge in [-0.15, -0.1) is 11.8 Å². The number of benzene rings is 2. The van der Waals surface area contributed by atoms with Gasteiger partial charge in [0, 0.05) is 16.3 Å². The fourth-order valence-corrected chi connectivity index (χ4v) is 3.96. The van der Waals surface area contributed by atoms with E-state index in [9.17, 15) is 27.2 Å². The van der Waals surface area contributed by atoms with Crippen molar-refractivity contribution < 1.29 is 26.7 Å². The maximum atomic E-state index is 13.6. The standard InChI is InChI=1S/C21H12ClF5N2OS/c22-17-4-2-1-3-13(17)11-31-19-15(10-28)16(21(25,26)27)9-18(29-19)12-5-7-14(8-6-12)30-20(23)24/h1-9,20H,11H2. The lowest BCUT2D eigenvalue weighted by molar-refractivity contribution is -0.138. The van der Waals surface area contributed by atoms with Crippen LogP contribution < -0.4 is 4.74 Å². The average Bonchev–Trinajstić information content (AvgIpc) is 2.72. The molecule has 10 heteroatoms. The number of halogens is 6. The van der Waals surface area contributed by atoms with E-state index in [4.69, 9.17) is 11.6 Å². The van der Waals surface area contributed by atoms with Crippen LogP contribution in [0.1, 0.15) is 16.7 Å². The second-order valence-electron chi connectivity index (χ2n) is 6.13. The molecule has 1 aromatic heterocycles. The highest BCUT2D eigenvalue weighted by molar-refractivity contribution is 7.98. The van der Waals surface area contributed by atoms with E-state index < -0.39 is 23.9 Å². The van der Waals surface area contributed by atoms with Crippen LogP contribution in [0.25, 0.3) is 11.3 Å².